The Morgan fingerprint density at radius 3 is 2.75 bits per heavy atom. The summed E-state index contributed by atoms with van der Waals surface area (Å²) in [7, 11) is 0. The normalized spacial score (nSPS) is 11.3. The third-order valence-corrected chi connectivity index (χ3v) is 4.64. The molecule has 110 valence electrons. The summed E-state index contributed by atoms with van der Waals surface area (Å²) < 4.78 is 2.28. The van der Waals surface area contributed by atoms with Gasteiger partial charge >= 0.3 is 0 Å². The van der Waals surface area contributed by atoms with Crippen molar-refractivity contribution < 1.29 is 0 Å². The van der Waals surface area contributed by atoms with E-state index >= 15 is 0 Å². The first-order chi connectivity index (χ1) is 9.65. The van der Waals surface area contributed by atoms with Crippen LogP contribution in [0.5, 0.6) is 0 Å². The van der Waals surface area contributed by atoms with Gasteiger partial charge in [0.25, 0.3) is 0 Å². The summed E-state index contributed by atoms with van der Waals surface area (Å²) in [5.74, 6) is 4.04. The lowest BCUT2D eigenvalue weighted by Crippen LogP contribution is -2.03. The second-order valence-corrected chi connectivity index (χ2v) is 6.38. The minimum absolute atomic E-state index is 0.532. The standard InChI is InChI=1S/C15H24N4S/c1-4-5-8-20-9-6-7-19-12(3)18-13-14(19)11(2)10-17-15(13)16/h10H,4-9H2,1-3H3,(H2,16,17). The van der Waals surface area contributed by atoms with E-state index in [0.717, 1.165) is 29.0 Å². The zero-order valence-electron chi connectivity index (χ0n) is 12.6. The Morgan fingerprint density at radius 2 is 2.00 bits per heavy atom. The number of anilines is 1. The van der Waals surface area contributed by atoms with Crippen LogP contribution in [0.15, 0.2) is 6.20 Å². The predicted molar refractivity (Wildman–Crippen MR) is 88.3 cm³/mol. The van der Waals surface area contributed by atoms with Gasteiger partial charge in [-0.3, -0.25) is 0 Å². The van der Waals surface area contributed by atoms with E-state index in [2.05, 4.69) is 28.4 Å². The van der Waals surface area contributed by atoms with Crippen molar-refractivity contribution in [3.8, 4) is 0 Å². The Hall–Kier alpha value is -1.23. The molecule has 20 heavy (non-hydrogen) atoms. The summed E-state index contributed by atoms with van der Waals surface area (Å²) in [5, 5.41) is 0. The van der Waals surface area contributed by atoms with Crippen LogP contribution >= 0.6 is 11.8 Å². The number of fused-ring (bicyclic) bond motifs is 1. The predicted octanol–water partition coefficient (Wildman–Crippen LogP) is 3.55. The second kappa shape index (κ2) is 6.97. The first-order valence-electron chi connectivity index (χ1n) is 7.30. The molecule has 4 nitrogen and oxygen atoms in total. The molecule has 0 atom stereocenters. The maximum atomic E-state index is 5.93. The average molecular weight is 292 g/mol. The number of aryl methyl sites for hydroxylation is 3. The molecular formula is C15H24N4S. The highest BCUT2D eigenvalue weighted by atomic mass is 32.2. The number of imidazole rings is 1. The van der Waals surface area contributed by atoms with Crippen LogP contribution < -0.4 is 5.73 Å². The van der Waals surface area contributed by atoms with E-state index in [1.54, 1.807) is 0 Å². The number of aromatic nitrogens is 3. The van der Waals surface area contributed by atoms with Crippen LogP contribution in [0, 0.1) is 13.8 Å². The molecule has 0 amide bonds. The van der Waals surface area contributed by atoms with Gasteiger partial charge in [0.2, 0.25) is 0 Å². The molecule has 0 aliphatic heterocycles. The van der Waals surface area contributed by atoms with E-state index in [4.69, 9.17) is 5.73 Å². The third-order valence-electron chi connectivity index (χ3n) is 3.48. The van der Waals surface area contributed by atoms with Gasteiger partial charge < -0.3 is 10.3 Å². The van der Waals surface area contributed by atoms with Crippen molar-refractivity contribution in [3.05, 3.63) is 17.6 Å². The van der Waals surface area contributed by atoms with E-state index in [9.17, 15) is 0 Å². The van der Waals surface area contributed by atoms with Gasteiger partial charge in [-0.1, -0.05) is 13.3 Å². The lowest BCUT2D eigenvalue weighted by molar-refractivity contribution is 0.679. The van der Waals surface area contributed by atoms with E-state index in [0.29, 0.717) is 5.82 Å². The fourth-order valence-electron chi connectivity index (χ4n) is 2.38. The van der Waals surface area contributed by atoms with Gasteiger partial charge in [-0.25, -0.2) is 9.97 Å². The molecule has 0 saturated heterocycles. The molecule has 2 N–H and O–H groups in total. The molecule has 0 aliphatic carbocycles. The number of nitrogens with two attached hydrogens (primary N) is 1. The fraction of sp³-hybridized carbons (Fsp3) is 0.600. The summed E-state index contributed by atoms with van der Waals surface area (Å²) in [5.41, 5.74) is 9.07. The lowest BCUT2D eigenvalue weighted by Gasteiger charge is -2.08. The van der Waals surface area contributed by atoms with Crippen molar-refractivity contribution in [2.75, 3.05) is 17.2 Å². The van der Waals surface area contributed by atoms with Gasteiger partial charge in [-0.2, -0.15) is 11.8 Å². The van der Waals surface area contributed by atoms with Crippen LogP contribution in [0.25, 0.3) is 11.0 Å². The third kappa shape index (κ3) is 3.26. The molecule has 2 heterocycles. The van der Waals surface area contributed by atoms with E-state index in [1.165, 1.54) is 30.8 Å². The maximum absolute atomic E-state index is 5.93. The van der Waals surface area contributed by atoms with E-state index in [1.807, 2.05) is 24.9 Å². The summed E-state index contributed by atoms with van der Waals surface area (Å²) in [6.07, 6.45) is 5.61. The van der Waals surface area contributed by atoms with Crippen molar-refractivity contribution in [1.29, 1.82) is 0 Å². The molecule has 2 aromatic heterocycles. The fourth-order valence-corrected chi connectivity index (χ4v) is 3.41. The number of nitrogen functional groups attached to an aromatic ring is 1. The molecule has 5 heteroatoms. The SMILES string of the molecule is CCCCSCCCn1c(C)nc2c(N)ncc(C)c21. The molecule has 0 aromatic carbocycles. The molecule has 0 unspecified atom stereocenters. The minimum atomic E-state index is 0.532. The van der Waals surface area contributed by atoms with Crippen LogP contribution in [0.2, 0.25) is 0 Å². The van der Waals surface area contributed by atoms with Crippen molar-refractivity contribution in [2.24, 2.45) is 0 Å². The quantitative estimate of drug-likeness (QED) is 0.793. The number of rotatable bonds is 7. The second-order valence-electron chi connectivity index (χ2n) is 5.15. The Bertz CT molecular complexity index is 577. The van der Waals surface area contributed by atoms with Crippen LogP contribution in [0.4, 0.5) is 5.82 Å². The maximum Gasteiger partial charge on any atom is 0.151 e. The largest absolute Gasteiger partial charge is 0.382 e. The highest BCUT2D eigenvalue weighted by Gasteiger charge is 2.12. The van der Waals surface area contributed by atoms with Gasteiger partial charge in [0.1, 0.15) is 11.3 Å². The Balaban J connectivity index is 2.06. The number of hydrogen-bond acceptors (Lipinski definition) is 4. The van der Waals surface area contributed by atoms with Crippen molar-refractivity contribution in [1.82, 2.24) is 14.5 Å². The van der Waals surface area contributed by atoms with Crippen LogP contribution in [-0.4, -0.2) is 26.0 Å². The summed E-state index contributed by atoms with van der Waals surface area (Å²) in [6, 6.07) is 0. The minimum Gasteiger partial charge on any atom is -0.382 e. The van der Waals surface area contributed by atoms with E-state index < -0.39 is 0 Å². The van der Waals surface area contributed by atoms with E-state index in [-0.39, 0.29) is 0 Å². The molecule has 0 spiro atoms. The van der Waals surface area contributed by atoms with Gasteiger partial charge in [-0.15, -0.1) is 0 Å². The zero-order valence-corrected chi connectivity index (χ0v) is 13.5. The molecule has 0 saturated carbocycles. The molecule has 2 aromatic rings. The molecule has 0 radical (unpaired) electrons. The molecule has 0 aliphatic rings. The van der Waals surface area contributed by atoms with Crippen molar-refractivity contribution >= 4 is 28.6 Å². The van der Waals surface area contributed by atoms with Gasteiger partial charge in [-0.05, 0) is 43.8 Å². The topological polar surface area (TPSA) is 56.7 Å². The molecule has 0 bridgehead atoms. The molecule has 2 rings (SSSR count). The van der Waals surface area contributed by atoms with Crippen LogP contribution in [0.3, 0.4) is 0 Å². The summed E-state index contributed by atoms with van der Waals surface area (Å²) in [6.45, 7) is 7.36. The Morgan fingerprint density at radius 1 is 1.25 bits per heavy atom. The van der Waals surface area contributed by atoms with Gasteiger partial charge in [0, 0.05) is 12.7 Å². The lowest BCUT2D eigenvalue weighted by atomic mass is 10.2. The first-order valence-corrected chi connectivity index (χ1v) is 8.46. The van der Waals surface area contributed by atoms with Crippen molar-refractivity contribution in [2.45, 2.75) is 46.6 Å². The summed E-state index contributed by atoms with van der Waals surface area (Å²) in [4.78, 5) is 8.76. The van der Waals surface area contributed by atoms with Gasteiger partial charge in [0.05, 0.1) is 5.52 Å². The summed E-state index contributed by atoms with van der Waals surface area (Å²) >= 11 is 2.05. The van der Waals surface area contributed by atoms with Crippen molar-refractivity contribution in [3.63, 3.8) is 0 Å². The molecular weight excluding hydrogens is 268 g/mol. The number of unbranched alkanes of at least 4 members (excludes halogenated alkanes) is 1. The highest BCUT2D eigenvalue weighted by Crippen LogP contribution is 2.23. The first kappa shape index (κ1) is 15.2. The average Bonchev–Trinajstić information content (AvgIpc) is 2.76. The van der Waals surface area contributed by atoms with Crippen LogP contribution in [0.1, 0.15) is 37.6 Å². The number of nitrogens with zero attached hydrogens (tertiary/aromatic N) is 3. The number of pyridine rings is 1. The van der Waals surface area contributed by atoms with Gasteiger partial charge in [0.15, 0.2) is 5.82 Å². The number of thioether (sulfide) groups is 1. The Labute approximate surface area is 125 Å². The highest BCUT2D eigenvalue weighted by molar-refractivity contribution is 7.99. The monoisotopic (exact) mass is 292 g/mol. The Kier molecular flexibility index (Phi) is 5.29. The smallest absolute Gasteiger partial charge is 0.151 e. The molecule has 0 fully saturated rings. The zero-order chi connectivity index (χ0) is 14.5. The number of hydrogen-bond donors (Lipinski definition) is 1. The van der Waals surface area contributed by atoms with Crippen LogP contribution in [-0.2, 0) is 6.54 Å².